The van der Waals surface area contributed by atoms with Crippen molar-refractivity contribution in [2.45, 2.75) is 63.3 Å². The molecule has 1 saturated heterocycles. The monoisotopic (exact) mass is 345 g/mol. The van der Waals surface area contributed by atoms with Crippen molar-refractivity contribution in [1.82, 2.24) is 9.47 Å². The summed E-state index contributed by atoms with van der Waals surface area (Å²) in [5.74, 6) is 1.12. The molecule has 1 aliphatic heterocycles. The first-order valence-corrected chi connectivity index (χ1v) is 9.75. The lowest BCUT2D eigenvalue weighted by Gasteiger charge is -2.34. The van der Waals surface area contributed by atoms with Crippen LogP contribution in [-0.2, 0) is 11.8 Å². The summed E-state index contributed by atoms with van der Waals surface area (Å²) in [5, 5.41) is 0. The van der Waals surface area contributed by atoms with E-state index in [9.17, 15) is 9.59 Å². The summed E-state index contributed by atoms with van der Waals surface area (Å²) in [5.41, 5.74) is 7.36. The van der Waals surface area contributed by atoms with E-state index in [0.29, 0.717) is 11.8 Å². The number of aryl methyl sites for hydroxylation is 1. The van der Waals surface area contributed by atoms with Crippen molar-refractivity contribution in [3.05, 3.63) is 34.2 Å². The lowest BCUT2D eigenvalue weighted by Crippen LogP contribution is -2.47. The standard InChI is InChI=1S/C20H31N3O2/c1-22-10-7-17(14-19(22)24)16-8-11-23(12-9-16)20(25)18(21)13-15-5-3-2-4-6-15/h7,10,14-16,18H,2-6,8-9,11-13,21H2,1H3/t18-/m0/s1. The third kappa shape index (κ3) is 4.51. The number of piperidine rings is 1. The summed E-state index contributed by atoms with van der Waals surface area (Å²) in [6.07, 6.45) is 10.8. The number of carbonyl (C=O) groups is 1. The molecule has 0 aromatic carbocycles. The molecule has 0 unspecified atom stereocenters. The van der Waals surface area contributed by atoms with E-state index in [1.54, 1.807) is 17.7 Å². The van der Waals surface area contributed by atoms with Crippen molar-refractivity contribution in [3.63, 3.8) is 0 Å². The molecule has 25 heavy (non-hydrogen) atoms. The molecule has 0 radical (unpaired) electrons. The van der Waals surface area contributed by atoms with Crippen LogP contribution < -0.4 is 11.3 Å². The van der Waals surface area contributed by atoms with Crippen LogP contribution in [0, 0.1) is 5.92 Å². The van der Waals surface area contributed by atoms with Gasteiger partial charge in [0.05, 0.1) is 6.04 Å². The number of likely N-dealkylation sites (tertiary alicyclic amines) is 1. The zero-order valence-corrected chi connectivity index (χ0v) is 15.3. The van der Waals surface area contributed by atoms with Crippen LogP contribution in [0.25, 0.3) is 0 Å². The number of nitrogens with zero attached hydrogens (tertiary/aromatic N) is 2. The maximum absolute atomic E-state index is 12.7. The minimum absolute atomic E-state index is 0.0329. The number of pyridine rings is 1. The molecule has 138 valence electrons. The van der Waals surface area contributed by atoms with E-state index in [1.165, 1.54) is 32.1 Å². The third-order valence-electron chi connectivity index (χ3n) is 6.04. The smallest absolute Gasteiger partial charge is 0.250 e. The number of nitrogens with two attached hydrogens (primary N) is 1. The molecule has 1 aromatic heterocycles. The number of amides is 1. The van der Waals surface area contributed by atoms with Gasteiger partial charge in [-0.05, 0) is 42.7 Å². The zero-order valence-electron chi connectivity index (χ0n) is 15.3. The van der Waals surface area contributed by atoms with E-state index < -0.39 is 0 Å². The highest BCUT2D eigenvalue weighted by molar-refractivity contribution is 5.81. The third-order valence-corrected chi connectivity index (χ3v) is 6.04. The van der Waals surface area contributed by atoms with Gasteiger partial charge in [-0.25, -0.2) is 0 Å². The second-order valence-corrected chi connectivity index (χ2v) is 7.86. The highest BCUT2D eigenvalue weighted by Crippen LogP contribution is 2.29. The first-order chi connectivity index (χ1) is 12.0. The van der Waals surface area contributed by atoms with Crippen LogP contribution >= 0.6 is 0 Å². The van der Waals surface area contributed by atoms with Gasteiger partial charge >= 0.3 is 0 Å². The summed E-state index contributed by atoms with van der Waals surface area (Å²) in [6.45, 7) is 1.49. The summed E-state index contributed by atoms with van der Waals surface area (Å²) in [4.78, 5) is 26.4. The van der Waals surface area contributed by atoms with Crippen molar-refractivity contribution < 1.29 is 4.79 Å². The van der Waals surface area contributed by atoms with Gasteiger partial charge in [0.25, 0.3) is 5.56 Å². The summed E-state index contributed by atoms with van der Waals surface area (Å²) >= 11 is 0. The lowest BCUT2D eigenvalue weighted by molar-refractivity contribution is -0.134. The molecular formula is C20H31N3O2. The first kappa shape index (κ1) is 18.2. The minimum Gasteiger partial charge on any atom is -0.341 e. The highest BCUT2D eigenvalue weighted by Gasteiger charge is 2.29. The quantitative estimate of drug-likeness (QED) is 0.911. The van der Waals surface area contributed by atoms with Crippen LogP contribution in [0.4, 0.5) is 0 Å². The van der Waals surface area contributed by atoms with Crippen LogP contribution in [0.15, 0.2) is 23.1 Å². The second-order valence-electron chi connectivity index (χ2n) is 7.86. The number of hydrogen-bond donors (Lipinski definition) is 1. The van der Waals surface area contributed by atoms with E-state index in [2.05, 4.69) is 0 Å². The molecule has 5 nitrogen and oxygen atoms in total. The molecule has 1 atom stereocenters. The van der Waals surface area contributed by atoms with Crippen LogP contribution in [0.2, 0.25) is 0 Å². The Morgan fingerprint density at radius 3 is 2.52 bits per heavy atom. The molecule has 2 N–H and O–H groups in total. The molecule has 0 bridgehead atoms. The van der Waals surface area contributed by atoms with E-state index >= 15 is 0 Å². The molecule has 2 fully saturated rings. The van der Waals surface area contributed by atoms with Crippen LogP contribution in [0.1, 0.15) is 62.8 Å². The van der Waals surface area contributed by atoms with Gasteiger partial charge < -0.3 is 15.2 Å². The van der Waals surface area contributed by atoms with Gasteiger partial charge in [0.1, 0.15) is 0 Å². The average molecular weight is 345 g/mol. The van der Waals surface area contributed by atoms with E-state index in [1.807, 2.05) is 17.2 Å². The van der Waals surface area contributed by atoms with Gasteiger partial charge in [0.2, 0.25) is 5.91 Å². The highest BCUT2D eigenvalue weighted by atomic mass is 16.2. The van der Waals surface area contributed by atoms with Crippen molar-refractivity contribution in [2.75, 3.05) is 13.1 Å². The molecule has 2 aliphatic rings. The molecule has 1 saturated carbocycles. The Kier molecular flexibility index (Phi) is 5.94. The molecular weight excluding hydrogens is 314 g/mol. The lowest BCUT2D eigenvalue weighted by atomic mass is 9.84. The fourth-order valence-corrected chi connectivity index (χ4v) is 4.37. The van der Waals surface area contributed by atoms with Crippen molar-refractivity contribution >= 4 is 5.91 Å². The Morgan fingerprint density at radius 1 is 1.20 bits per heavy atom. The Morgan fingerprint density at radius 2 is 1.88 bits per heavy atom. The topological polar surface area (TPSA) is 68.3 Å². The van der Waals surface area contributed by atoms with Gasteiger partial charge in [-0.15, -0.1) is 0 Å². The van der Waals surface area contributed by atoms with Gasteiger partial charge in [-0.3, -0.25) is 9.59 Å². The Hall–Kier alpha value is -1.62. The number of aromatic nitrogens is 1. The maximum atomic E-state index is 12.7. The Balaban J connectivity index is 1.51. The summed E-state index contributed by atoms with van der Waals surface area (Å²) in [7, 11) is 1.76. The van der Waals surface area contributed by atoms with Crippen LogP contribution in [0.5, 0.6) is 0 Å². The molecule has 1 aliphatic carbocycles. The number of rotatable bonds is 4. The van der Waals surface area contributed by atoms with Gasteiger partial charge in [-0.1, -0.05) is 32.1 Å². The van der Waals surface area contributed by atoms with E-state index in [0.717, 1.165) is 37.9 Å². The van der Waals surface area contributed by atoms with E-state index in [-0.39, 0.29) is 17.5 Å². The normalized spacial score (nSPS) is 21.3. The summed E-state index contributed by atoms with van der Waals surface area (Å²) < 4.78 is 1.59. The maximum Gasteiger partial charge on any atom is 0.250 e. The van der Waals surface area contributed by atoms with E-state index in [4.69, 9.17) is 5.73 Å². The van der Waals surface area contributed by atoms with Gasteiger partial charge in [0.15, 0.2) is 0 Å². The average Bonchev–Trinajstić information content (AvgIpc) is 2.64. The molecule has 5 heteroatoms. The first-order valence-electron chi connectivity index (χ1n) is 9.75. The predicted molar refractivity (Wildman–Crippen MR) is 99.4 cm³/mol. The molecule has 2 heterocycles. The van der Waals surface area contributed by atoms with Crippen molar-refractivity contribution in [3.8, 4) is 0 Å². The van der Waals surface area contributed by atoms with Crippen LogP contribution in [0.3, 0.4) is 0 Å². The minimum atomic E-state index is -0.344. The van der Waals surface area contributed by atoms with Crippen LogP contribution in [-0.4, -0.2) is 34.5 Å². The molecule has 0 spiro atoms. The fourth-order valence-electron chi connectivity index (χ4n) is 4.37. The van der Waals surface area contributed by atoms with Crippen molar-refractivity contribution in [2.24, 2.45) is 18.7 Å². The molecule has 1 amide bonds. The van der Waals surface area contributed by atoms with Gasteiger partial charge in [0, 0.05) is 32.4 Å². The van der Waals surface area contributed by atoms with Crippen molar-refractivity contribution in [1.29, 1.82) is 0 Å². The van der Waals surface area contributed by atoms with Gasteiger partial charge in [-0.2, -0.15) is 0 Å². The predicted octanol–water partition coefficient (Wildman–Crippen LogP) is 2.39. The SMILES string of the molecule is Cn1ccc(C2CCN(C(=O)[C@@H](N)CC3CCCCC3)CC2)cc1=O. The zero-order chi connectivity index (χ0) is 17.8. The fraction of sp³-hybridized carbons (Fsp3) is 0.700. The largest absolute Gasteiger partial charge is 0.341 e. The molecule has 1 aromatic rings. The summed E-state index contributed by atoms with van der Waals surface area (Å²) in [6, 6.07) is 3.42. The Bertz CT molecular complexity index is 641. The Labute approximate surface area is 150 Å². The molecule has 3 rings (SSSR count). The number of hydrogen-bond acceptors (Lipinski definition) is 3. The number of carbonyl (C=O) groups excluding carboxylic acids is 1. The second kappa shape index (κ2) is 8.17.